The van der Waals surface area contributed by atoms with Gasteiger partial charge in [-0.3, -0.25) is 4.90 Å². The lowest BCUT2D eigenvalue weighted by Crippen LogP contribution is -2.19. The molecule has 4 aromatic carbocycles. The predicted molar refractivity (Wildman–Crippen MR) is 161 cm³/mol. The average molecular weight is 517 g/mol. The number of allylic oxidation sites excluding steroid dienone is 4. The first-order valence-electron chi connectivity index (χ1n) is 13.9. The summed E-state index contributed by atoms with van der Waals surface area (Å²) >= 11 is 0. The van der Waals surface area contributed by atoms with Gasteiger partial charge in [0.15, 0.2) is 11.6 Å². The van der Waals surface area contributed by atoms with Crippen molar-refractivity contribution in [1.29, 1.82) is 0 Å². The van der Waals surface area contributed by atoms with Gasteiger partial charge in [-0.2, -0.15) is 9.97 Å². The van der Waals surface area contributed by atoms with Crippen LogP contribution in [0.15, 0.2) is 121 Å². The largest absolute Gasteiger partial charge is 0.282 e. The second-order valence-corrected chi connectivity index (χ2v) is 11.3. The Morgan fingerprint density at radius 2 is 1.35 bits per heavy atom. The van der Waals surface area contributed by atoms with Gasteiger partial charge in [-0.1, -0.05) is 111 Å². The minimum absolute atomic E-state index is 0.0868. The molecule has 0 amide bonds. The molecule has 4 heteroatoms. The predicted octanol–water partition coefficient (Wildman–Crippen LogP) is 8.59. The van der Waals surface area contributed by atoms with E-state index in [0.717, 1.165) is 17.5 Å². The van der Waals surface area contributed by atoms with E-state index in [1.54, 1.807) is 0 Å². The molecular formula is C36H28N4. The third-order valence-electron chi connectivity index (χ3n) is 8.62. The first-order chi connectivity index (χ1) is 19.6. The first kappa shape index (κ1) is 23.1. The fourth-order valence-corrected chi connectivity index (χ4v) is 6.62. The molecule has 0 bridgehead atoms. The van der Waals surface area contributed by atoms with E-state index in [4.69, 9.17) is 15.0 Å². The van der Waals surface area contributed by atoms with E-state index >= 15 is 0 Å². The zero-order chi connectivity index (χ0) is 26.8. The number of rotatable bonds is 3. The highest BCUT2D eigenvalue weighted by Crippen LogP contribution is 2.56. The number of benzene rings is 4. The zero-order valence-corrected chi connectivity index (χ0v) is 22.5. The van der Waals surface area contributed by atoms with Crippen molar-refractivity contribution in [2.45, 2.75) is 31.6 Å². The molecule has 5 aromatic rings. The Labute approximate surface area is 234 Å². The van der Waals surface area contributed by atoms with E-state index in [1.807, 2.05) is 36.4 Å². The molecule has 1 aromatic heterocycles. The van der Waals surface area contributed by atoms with Crippen LogP contribution in [-0.4, -0.2) is 15.0 Å². The Balaban J connectivity index is 1.37. The maximum Gasteiger partial charge on any atom is 0.238 e. The average Bonchev–Trinajstić information content (AvgIpc) is 3.45. The molecule has 192 valence electrons. The van der Waals surface area contributed by atoms with Gasteiger partial charge in [-0.15, -0.1) is 0 Å². The number of hydrogen-bond acceptors (Lipinski definition) is 4. The molecule has 3 aliphatic rings. The van der Waals surface area contributed by atoms with Crippen LogP contribution in [-0.2, 0) is 5.41 Å². The molecule has 40 heavy (non-hydrogen) atoms. The van der Waals surface area contributed by atoms with Crippen LogP contribution in [0.25, 0.3) is 33.9 Å². The van der Waals surface area contributed by atoms with Crippen molar-refractivity contribution in [1.82, 2.24) is 15.0 Å². The molecule has 4 nitrogen and oxygen atoms in total. The molecule has 0 saturated carbocycles. The smallest absolute Gasteiger partial charge is 0.238 e. The summed E-state index contributed by atoms with van der Waals surface area (Å²) in [4.78, 5) is 17.4. The second-order valence-electron chi connectivity index (χ2n) is 11.3. The molecule has 0 saturated heterocycles. The van der Waals surface area contributed by atoms with E-state index < -0.39 is 0 Å². The summed E-state index contributed by atoms with van der Waals surface area (Å²) in [6.07, 6.45) is 7.62. The SMILES string of the molecule is CC1(C)c2ccccc2-c2cc3c(cc21)N(c1nc(-c2ccccc2)nc(-c2ccccc2)n1)C1=CC=CCC13. The van der Waals surface area contributed by atoms with Crippen molar-refractivity contribution in [3.63, 3.8) is 0 Å². The molecule has 0 fully saturated rings. The van der Waals surface area contributed by atoms with Gasteiger partial charge in [0.25, 0.3) is 0 Å². The minimum atomic E-state index is -0.0868. The van der Waals surface area contributed by atoms with E-state index in [0.29, 0.717) is 17.6 Å². The molecule has 0 N–H and O–H groups in total. The van der Waals surface area contributed by atoms with Gasteiger partial charge in [0, 0.05) is 28.2 Å². The summed E-state index contributed by atoms with van der Waals surface area (Å²) in [7, 11) is 0. The first-order valence-corrected chi connectivity index (χ1v) is 13.9. The van der Waals surface area contributed by atoms with Gasteiger partial charge in [0.2, 0.25) is 5.95 Å². The van der Waals surface area contributed by atoms with E-state index in [9.17, 15) is 0 Å². The van der Waals surface area contributed by atoms with Crippen LogP contribution in [0.3, 0.4) is 0 Å². The molecule has 8 rings (SSSR count). The molecule has 1 aliphatic heterocycles. The number of anilines is 2. The second kappa shape index (κ2) is 8.59. The topological polar surface area (TPSA) is 41.9 Å². The van der Waals surface area contributed by atoms with Crippen LogP contribution in [0.5, 0.6) is 0 Å². The normalized spacial score (nSPS) is 17.6. The van der Waals surface area contributed by atoms with Crippen LogP contribution in [0.2, 0.25) is 0 Å². The van der Waals surface area contributed by atoms with Crippen molar-refractivity contribution < 1.29 is 0 Å². The number of hydrogen-bond donors (Lipinski definition) is 0. The quantitative estimate of drug-likeness (QED) is 0.241. The molecule has 2 aliphatic carbocycles. The van der Waals surface area contributed by atoms with Crippen molar-refractivity contribution in [3.05, 3.63) is 138 Å². The lowest BCUT2D eigenvalue weighted by molar-refractivity contribution is 0.660. The summed E-state index contributed by atoms with van der Waals surface area (Å²) < 4.78 is 0. The lowest BCUT2D eigenvalue weighted by atomic mass is 9.81. The zero-order valence-electron chi connectivity index (χ0n) is 22.5. The maximum absolute atomic E-state index is 5.11. The van der Waals surface area contributed by atoms with Crippen LogP contribution in [0, 0.1) is 0 Å². The Hall–Kier alpha value is -4.83. The van der Waals surface area contributed by atoms with Crippen molar-refractivity contribution in [2.75, 3.05) is 4.90 Å². The van der Waals surface area contributed by atoms with E-state index in [2.05, 4.69) is 97.6 Å². The standard InChI is InChI=1S/C36H28N4/c1-36(2)29-19-11-9-17-25(29)27-21-28-26-18-10-12-20-31(26)40(32(28)22-30(27)36)35-38-33(23-13-5-3-6-14-23)37-34(39-35)24-15-7-4-8-16-24/h3-17,19-22,26H,18H2,1-2H3. The molecule has 1 atom stereocenters. The summed E-state index contributed by atoms with van der Waals surface area (Å²) in [5.41, 5.74) is 11.0. The van der Waals surface area contributed by atoms with Gasteiger partial charge < -0.3 is 0 Å². The molecular weight excluding hydrogens is 488 g/mol. The number of aromatic nitrogens is 3. The molecule has 1 unspecified atom stereocenters. The summed E-state index contributed by atoms with van der Waals surface area (Å²) in [6, 6.07) is 34.1. The minimum Gasteiger partial charge on any atom is -0.282 e. The van der Waals surface area contributed by atoms with Crippen LogP contribution >= 0.6 is 0 Å². The third-order valence-corrected chi connectivity index (χ3v) is 8.62. The van der Waals surface area contributed by atoms with Gasteiger partial charge in [-0.05, 0) is 52.4 Å². The Bertz CT molecular complexity index is 1790. The molecule has 0 spiro atoms. The molecule has 0 radical (unpaired) electrons. The van der Waals surface area contributed by atoms with Crippen LogP contribution in [0.1, 0.15) is 42.9 Å². The third kappa shape index (κ3) is 3.35. The Morgan fingerprint density at radius 3 is 2.05 bits per heavy atom. The highest BCUT2D eigenvalue weighted by molar-refractivity contribution is 5.88. The van der Waals surface area contributed by atoms with E-state index in [1.165, 1.54) is 39.2 Å². The summed E-state index contributed by atoms with van der Waals surface area (Å²) in [6.45, 7) is 4.67. The number of nitrogens with zero attached hydrogens (tertiary/aromatic N) is 4. The van der Waals surface area contributed by atoms with Crippen molar-refractivity contribution >= 4 is 11.6 Å². The van der Waals surface area contributed by atoms with Gasteiger partial charge in [0.05, 0.1) is 5.69 Å². The van der Waals surface area contributed by atoms with Crippen LogP contribution in [0.4, 0.5) is 11.6 Å². The molecule has 2 heterocycles. The monoisotopic (exact) mass is 516 g/mol. The fourth-order valence-electron chi connectivity index (χ4n) is 6.62. The fraction of sp³-hybridized carbons (Fsp3) is 0.139. The van der Waals surface area contributed by atoms with Crippen molar-refractivity contribution in [2.24, 2.45) is 0 Å². The van der Waals surface area contributed by atoms with Gasteiger partial charge in [0.1, 0.15) is 0 Å². The summed E-state index contributed by atoms with van der Waals surface area (Å²) in [5.74, 6) is 2.27. The number of fused-ring (bicyclic) bond motifs is 6. The van der Waals surface area contributed by atoms with E-state index in [-0.39, 0.29) is 11.3 Å². The highest BCUT2D eigenvalue weighted by atomic mass is 15.3. The van der Waals surface area contributed by atoms with Crippen molar-refractivity contribution in [3.8, 4) is 33.9 Å². The lowest BCUT2D eigenvalue weighted by Gasteiger charge is -2.25. The summed E-state index contributed by atoms with van der Waals surface area (Å²) in [5, 5.41) is 0. The van der Waals surface area contributed by atoms with Crippen LogP contribution < -0.4 is 4.90 Å². The highest BCUT2D eigenvalue weighted by Gasteiger charge is 2.42. The maximum atomic E-state index is 5.11. The van der Waals surface area contributed by atoms with Gasteiger partial charge in [-0.25, -0.2) is 4.98 Å². The van der Waals surface area contributed by atoms with Gasteiger partial charge >= 0.3 is 0 Å². The Kier molecular flexibility index (Phi) is 4.96. The Morgan fingerprint density at radius 1 is 0.700 bits per heavy atom.